The summed E-state index contributed by atoms with van der Waals surface area (Å²) in [6, 6.07) is 4.75. The number of hydrogen-bond acceptors (Lipinski definition) is 3. The van der Waals surface area contributed by atoms with Gasteiger partial charge in [0.05, 0.1) is 22.4 Å². The third-order valence-electron chi connectivity index (χ3n) is 3.46. The van der Waals surface area contributed by atoms with Crippen LogP contribution in [0.25, 0.3) is 5.69 Å². The van der Waals surface area contributed by atoms with Crippen molar-refractivity contribution in [2.75, 3.05) is 6.54 Å². The van der Waals surface area contributed by atoms with Gasteiger partial charge >= 0.3 is 0 Å². The molecule has 4 nitrogen and oxygen atoms in total. The molecule has 0 saturated heterocycles. The number of rotatable bonds is 6. The van der Waals surface area contributed by atoms with Crippen molar-refractivity contribution >= 4 is 11.6 Å². The highest BCUT2D eigenvalue weighted by atomic mass is 35.5. The molecule has 6 heteroatoms. The van der Waals surface area contributed by atoms with Crippen molar-refractivity contribution in [3.63, 3.8) is 0 Å². The second kappa shape index (κ2) is 7.00. The Kier molecular flexibility index (Phi) is 5.31. The van der Waals surface area contributed by atoms with Crippen LogP contribution in [0, 0.1) is 5.82 Å². The molecule has 0 fully saturated rings. The second-order valence-corrected chi connectivity index (χ2v) is 5.21. The van der Waals surface area contributed by atoms with Crippen LogP contribution in [0.3, 0.4) is 0 Å². The highest BCUT2D eigenvalue weighted by Gasteiger charge is 2.20. The second-order valence-electron chi connectivity index (χ2n) is 4.80. The van der Waals surface area contributed by atoms with E-state index in [4.69, 9.17) is 11.6 Å². The Hall–Kier alpha value is -1.46. The van der Waals surface area contributed by atoms with Crippen molar-refractivity contribution in [3.8, 4) is 5.69 Å². The van der Waals surface area contributed by atoms with Crippen LogP contribution < -0.4 is 5.32 Å². The average Bonchev–Trinajstić information content (AvgIpc) is 2.91. The molecule has 2 rings (SSSR count). The van der Waals surface area contributed by atoms with Crippen LogP contribution in [0.2, 0.25) is 5.02 Å². The van der Waals surface area contributed by atoms with Crippen LogP contribution in [0.1, 0.15) is 44.6 Å². The van der Waals surface area contributed by atoms with E-state index in [0.717, 1.165) is 36.5 Å². The van der Waals surface area contributed by atoms with Gasteiger partial charge < -0.3 is 5.32 Å². The predicted molar refractivity (Wildman–Crippen MR) is 82.4 cm³/mol. The van der Waals surface area contributed by atoms with E-state index in [9.17, 15) is 4.39 Å². The Morgan fingerprint density at radius 2 is 2.10 bits per heavy atom. The molecule has 1 unspecified atom stereocenters. The van der Waals surface area contributed by atoms with Crippen LogP contribution in [-0.2, 0) is 6.42 Å². The first-order valence-electron chi connectivity index (χ1n) is 7.25. The number of aromatic nitrogens is 3. The Bertz CT molecular complexity index is 612. The first-order valence-corrected chi connectivity index (χ1v) is 7.63. The van der Waals surface area contributed by atoms with Gasteiger partial charge in [-0.25, -0.2) is 9.07 Å². The van der Waals surface area contributed by atoms with Crippen molar-refractivity contribution in [1.29, 1.82) is 0 Å². The molecule has 0 aliphatic heterocycles. The van der Waals surface area contributed by atoms with Crippen molar-refractivity contribution in [2.45, 2.75) is 39.7 Å². The molecule has 1 N–H and O–H groups in total. The van der Waals surface area contributed by atoms with Crippen LogP contribution in [-0.4, -0.2) is 21.5 Å². The van der Waals surface area contributed by atoms with E-state index in [1.807, 2.05) is 0 Å². The van der Waals surface area contributed by atoms with Crippen LogP contribution in [0.5, 0.6) is 0 Å². The maximum atomic E-state index is 13.3. The van der Waals surface area contributed by atoms with Crippen molar-refractivity contribution < 1.29 is 4.39 Å². The quantitative estimate of drug-likeness (QED) is 0.885. The number of nitrogens with one attached hydrogen (secondary N) is 1. The lowest BCUT2D eigenvalue weighted by Crippen LogP contribution is -2.21. The van der Waals surface area contributed by atoms with Crippen LogP contribution in [0.15, 0.2) is 18.2 Å². The Morgan fingerprint density at radius 3 is 2.67 bits per heavy atom. The topological polar surface area (TPSA) is 42.7 Å². The van der Waals surface area contributed by atoms with E-state index >= 15 is 0 Å². The molecule has 0 bridgehead atoms. The molecule has 0 saturated carbocycles. The summed E-state index contributed by atoms with van der Waals surface area (Å²) in [5, 5.41) is 12.0. The molecule has 0 spiro atoms. The van der Waals surface area contributed by atoms with E-state index in [-0.39, 0.29) is 11.1 Å². The zero-order valence-electron chi connectivity index (χ0n) is 12.5. The maximum Gasteiger partial charge on any atom is 0.141 e. The van der Waals surface area contributed by atoms with Gasteiger partial charge in [-0.05, 0) is 37.6 Å². The van der Waals surface area contributed by atoms with Gasteiger partial charge in [0.1, 0.15) is 11.5 Å². The third-order valence-corrected chi connectivity index (χ3v) is 3.75. The van der Waals surface area contributed by atoms with E-state index < -0.39 is 5.82 Å². The lowest BCUT2D eigenvalue weighted by molar-refractivity contribution is 0.520. The Morgan fingerprint density at radius 1 is 1.33 bits per heavy atom. The normalized spacial score (nSPS) is 12.6. The van der Waals surface area contributed by atoms with E-state index in [1.54, 1.807) is 16.8 Å². The summed E-state index contributed by atoms with van der Waals surface area (Å²) in [6.07, 6.45) is 1.73. The lowest BCUT2D eigenvalue weighted by atomic mass is 10.1. The van der Waals surface area contributed by atoms with E-state index in [2.05, 4.69) is 36.4 Å². The molecule has 1 atom stereocenters. The van der Waals surface area contributed by atoms with Gasteiger partial charge in [-0.2, -0.15) is 0 Å². The molecule has 2 aromatic rings. The molecule has 0 aliphatic carbocycles. The third kappa shape index (κ3) is 3.24. The summed E-state index contributed by atoms with van der Waals surface area (Å²) in [4.78, 5) is 0. The molecule has 0 amide bonds. The van der Waals surface area contributed by atoms with Crippen molar-refractivity contribution in [2.24, 2.45) is 0 Å². The summed E-state index contributed by atoms with van der Waals surface area (Å²) in [7, 11) is 0. The molecule has 0 radical (unpaired) electrons. The minimum atomic E-state index is -0.433. The van der Waals surface area contributed by atoms with Gasteiger partial charge in [-0.15, -0.1) is 5.10 Å². The minimum Gasteiger partial charge on any atom is -0.309 e. The number of halogens is 2. The lowest BCUT2D eigenvalue weighted by Gasteiger charge is -2.15. The van der Waals surface area contributed by atoms with Gasteiger partial charge in [0.2, 0.25) is 0 Å². The average molecular weight is 311 g/mol. The Labute approximate surface area is 129 Å². The fourth-order valence-electron chi connectivity index (χ4n) is 2.42. The fourth-order valence-corrected chi connectivity index (χ4v) is 2.59. The Balaban J connectivity index is 2.45. The summed E-state index contributed by atoms with van der Waals surface area (Å²) in [6.45, 7) is 7.11. The van der Waals surface area contributed by atoms with Gasteiger partial charge in [-0.3, -0.25) is 0 Å². The first-order chi connectivity index (χ1) is 10.1. The largest absolute Gasteiger partial charge is 0.309 e. The highest BCUT2D eigenvalue weighted by molar-refractivity contribution is 6.30. The summed E-state index contributed by atoms with van der Waals surface area (Å²) in [5.41, 5.74) is 2.69. The standard InChI is InChI=1S/C15H20ClFN4/c1-4-13(18-6-3)15-14(5-2)21(20-19-15)10-7-8-12(17)11(16)9-10/h7-9,13,18H,4-6H2,1-3H3. The van der Waals surface area contributed by atoms with Crippen LogP contribution >= 0.6 is 11.6 Å². The molecule has 1 aromatic heterocycles. The smallest absolute Gasteiger partial charge is 0.141 e. The molecule has 114 valence electrons. The van der Waals surface area contributed by atoms with Gasteiger partial charge in [-0.1, -0.05) is 37.6 Å². The summed E-state index contributed by atoms with van der Waals surface area (Å²) in [5.74, 6) is -0.433. The van der Waals surface area contributed by atoms with Gasteiger partial charge in [0.25, 0.3) is 0 Å². The number of nitrogens with zero attached hydrogens (tertiary/aromatic N) is 3. The number of benzene rings is 1. The maximum absolute atomic E-state index is 13.3. The molecule has 1 heterocycles. The van der Waals surface area contributed by atoms with E-state index in [0.29, 0.717) is 0 Å². The van der Waals surface area contributed by atoms with Crippen LogP contribution in [0.4, 0.5) is 4.39 Å². The summed E-state index contributed by atoms with van der Waals surface area (Å²) >= 11 is 5.86. The molecular weight excluding hydrogens is 291 g/mol. The SMILES string of the molecule is CCNC(CC)c1nnn(-c2ccc(F)c(Cl)c2)c1CC. The number of hydrogen-bond donors (Lipinski definition) is 1. The monoisotopic (exact) mass is 310 g/mol. The highest BCUT2D eigenvalue weighted by Crippen LogP contribution is 2.24. The van der Waals surface area contributed by atoms with E-state index in [1.165, 1.54) is 6.07 Å². The minimum absolute atomic E-state index is 0.0883. The molecule has 21 heavy (non-hydrogen) atoms. The van der Waals surface area contributed by atoms with Gasteiger partial charge in [0, 0.05) is 0 Å². The molecule has 1 aromatic carbocycles. The van der Waals surface area contributed by atoms with Gasteiger partial charge in [0.15, 0.2) is 0 Å². The fraction of sp³-hybridized carbons (Fsp3) is 0.467. The summed E-state index contributed by atoms with van der Waals surface area (Å²) < 4.78 is 15.0. The first kappa shape index (κ1) is 15.9. The van der Waals surface area contributed by atoms with Crippen molar-refractivity contribution in [3.05, 3.63) is 40.4 Å². The predicted octanol–water partition coefficient (Wildman–Crippen LogP) is 3.68. The van der Waals surface area contributed by atoms with Crippen molar-refractivity contribution in [1.82, 2.24) is 20.3 Å². The molecule has 0 aliphatic rings. The zero-order chi connectivity index (χ0) is 15.4. The molecular formula is C15H20ClFN4. The zero-order valence-corrected chi connectivity index (χ0v) is 13.3.